The van der Waals surface area contributed by atoms with Crippen molar-refractivity contribution in [1.29, 1.82) is 5.26 Å². The van der Waals surface area contributed by atoms with Crippen LogP contribution in [0.2, 0.25) is 0 Å². The summed E-state index contributed by atoms with van der Waals surface area (Å²) in [6, 6.07) is 4.48. The molecule has 1 aliphatic carbocycles. The summed E-state index contributed by atoms with van der Waals surface area (Å²) in [5, 5.41) is 13.7. The standard InChI is InChI=1S/C29H40N8O2S/c1-3-6-20(27(38)19-8-4-9-22-25(19)21(16-30)28(32)40-22)26(31)29-34-23(37-13-10-33-11-14-37)15-24(35-29)39-17-18-7-5-12-36(18)2/h15,18-19,33H,3-14,17,31-32H2,1-2H3/b26-20-/t18-,19-/m0/s1. The summed E-state index contributed by atoms with van der Waals surface area (Å²) >= 11 is 1.43. The number of hydrogen-bond acceptors (Lipinski definition) is 11. The monoisotopic (exact) mass is 564 g/mol. The van der Waals surface area contributed by atoms with Gasteiger partial charge < -0.3 is 31.3 Å². The molecule has 0 radical (unpaired) electrons. The van der Waals surface area contributed by atoms with E-state index >= 15 is 0 Å². The van der Waals surface area contributed by atoms with Crippen LogP contribution < -0.4 is 26.4 Å². The summed E-state index contributed by atoms with van der Waals surface area (Å²) in [5.41, 5.74) is 15.0. The molecule has 214 valence electrons. The number of carbonyl (C=O) groups excluding carboxylic acids is 1. The van der Waals surface area contributed by atoms with Crippen LogP contribution in [0.3, 0.4) is 0 Å². The van der Waals surface area contributed by atoms with Crippen molar-refractivity contribution in [3.8, 4) is 11.9 Å². The molecule has 0 unspecified atom stereocenters. The number of nitrogens with zero attached hydrogens (tertiary/aromatic N) is 5. The van der Waals surface area contributed by atoms with Crippen LogP contribution in [0.5, 0.6) is 5.88 Å². The summed E-state index contributed by atoms with van der Waals surface area (Å²) in [5.74, 6) is 1.06. The Morgan fingerprint density at radius 1 is 1.25 bits per heavy atom. The zero-order valence-electron chi connectivity index (χ0n) is 23.5. The third kappa shape index (κ3) is 5.80. The highest BCUT2D eigenvalue weighted by Crippen LogP contribution is 2.44. The Balaban J connectivity index is 1.52. The van der Waals surface area contributed by atoms with E-state index in [4.69, 9.17) is 26.2 Å². The molecule has 2 aromatic rings. The number of fused-ring (bicyclic) bond motifs is 1. The van der Waals surface area contributed by atoms with Crippen molar-refractivity contribution in [2.75, 3.05) is 57.0 Å². The van der Waals surface area contributed by atoms with Crippen molar-refractivity contribution in [1.82, 2.24) is 20.2 Å². The predicted octanol–water partition coefficient (Wildman–Crippen LogP) is 3.03. The van der Waals surface area contributed by atoms with Crippen LogP contribution in [0.15, 0.2) is 11.6 Å². The Morgan fingerprint density at radius 3 is 2.75 bits per heavy atom. The van der Waals surface area contributed by atoms with Gasteiger partial charge in [-0.15, -0.1) is 11.3 Å². The Bertz CT molecular complexity index is 1310. The molecule has 11 heteroatoms. The molecule has 0 saturated carbocycles. The van der Waals surface area contributed by atoms with E-state index in [1.165, 1.54) is 11.3 Å². The summed E-state index contributed by atoms with van der Waals surface area (Å²) in [4.78, 5) is 29.3. The van der Waals surface area contributed by atoms with E-state index in [0.717, 1.165) is 81.1 Å². The Kier molecular flexibility index (Phi) is 8.88. The third-order valence-corrected chi connectivity index (χ3v) is 9.41. The maximum Gasteiger partial charge on any atom is 0.219 e. The average molecular weight is 565 g/mol. The Hall–Kier alpha value is -3.20. The number of piperazine rings is 1. The van der Waals surface area contributed by atoms with Gasteiger partial charge in [0.25, 0.3) is 0 Å². The largest absolute Gasteiger partial charge is 0.476 e. The number of nitrogen functional groups attached to an aromatic ring is 1. The maximum absolute atomic E-state index is 14.2. The molecule has 2 saturated heterocycles. The first-order valence-electron chi connectivity index (χ1n) is 14.4. The fourth-order valence-electron chi connectivity index (χ4n) is 6.07. The molecule has 5 rings (SSSR count). The van der Waals surface area contributed by atoms with Gasteiger partial charge in [0.1, 0.15) is 23.5 Å². The zero-order valence-corrected chi connectivity index (χ0v) is 24.4. The van der Waals surface area contributed by atoms with Gasteiger partial charge in [-0.2, -0.15) is 10.2 Å². The van der Waals surface area contributed by atoms with Gasteiger partial charge in [-0.05, 0) is 57.7 Å². The van der Waals surface area contributed by atoms with E-state index in [1.807, 2.05) is 13.0 Å². The highest BCUT2D eigenvalue weighted by Gasteiger charge is 2.35. The molecular formula is C29H40N8O2S. The SMILES string of the molecule is CCC/C(C(=O)[C@H]1CCCc2sc(N)c(C#N)c21)=C(/N)c1nc(OC[C@@H]2CCCN2C)cc(N2CCNCC2)n1. The number of likely N-dealkylation sites (N-methyl/N-ethyl adjacent to an activating group) is 1. The van der Waals surface area contributed by atoms with Gasteiger partial charge >= 0.3 is 0 Å². The minimum atomic E-state index is -0.433. The predicted molar refractivity (Wildman–Crippen MR) is 158 cm³/mol. The normalized spacial score (nSPS) is 22.0. The lowest BCUT2D eigenvalue weighted by Crippen LogP contribution is -2.44. The van der Waals surface area contributed by atoms with E-state index in [0.29, 0.717) is 59.0 Å². The van der Waals surface area contributed by atoms with Gasteiger partial charge in [0, 0.05) is 54.7 Å². The number of hydrogen-bond donors (Lipinski definition) is 3. The highest BCUT2D eigenvalue weighted by atomic mass is 32.1. The molecular weight excluding hydrogens is 524 g/mol. The van der Waals surface area contributed by atoms with Crippen molar-refractivity contribution in [2.45, 2.75) is 63.8 Å². The van der Waals surface area contributed by atoms with Crippen molar-refractivity contribution in [3.63, 3.8) is 0 Å². The first-order valence-corrected chi connectivity index (χ1v) is 15.2. The van der Waals surface area contributed by atoms with E-state index in [1.54, 1.807) is 0 Å². The zero-order chi connectivity index (χ0) is 28.2. The number of anilines is 2. The smallest absolute Gasteiger partial charge is 0.219 e. The summed E-state index contributed by atoms with van der Waals surface area (Å²) < 4.78 is 6.23. The molecule has 0 spiro atoms. The average Bonchev–Trinajstić information content (AvgIpc) is 3.55. The number of aryl methyl sites for hydroxylation is 1. The topological polar surface area (TPSA) is 146 Å². The molecule has 2 fully saturated rings. The minimum Gasteiger partial charge on any atom is -0.476 e. The fourth-order valence-corrected chi connectivity index (χ4v) is 7.20. The number of nitrogens with two attached hydrogens (primary N) is 2. The number of rotatable bonds is 9. The van der Waals surface area contributed by atoms with Crippen molar-refractivity contribution < 1.29 is 9.53 Å². The fraction of sp³-hybridized carbons (Fsp3) is 0.586. The quantitative estimate of drug-likeness (QED) is 0.388. The number of allylic oxidation sites excluding steroid dienone is 1. The Morgan fingerprint density at radius 2 is 2.05 bits per heavy atom. The van der Waals surface area contributed by atoms with Crippen molar-refractivity contribution in [2.24, 2.45) is 5.73 Å². The van der Waals surface area contributed by atoms with Crippen LogP contribution in [0.1, 0.15) is 73.2 Å². The first kappa shape index (κ1) is 28.3. The summed E-state index contributed by atoms with van der Waals surface area (Å²) in [6.07, 6.45) is 5.88. The molecule has 2 aliphatic heterocycles. The van der Waals surface area contributed by atoms with E-state index in [2.05, 4.69) is 28.2 Å². The number of ketones is 1. The number of Topliss-reactive ketones (excluding diaryl/α,β-unsaturated/α-hetero) is 1. The number of thiophene rings is 1. The van der Waals surface area contributed by atoms with Crippen LogP contribution >= 0.6 is 11.3 Å². The van der Waals surface area contributed by atoms with E-state index in [-0.39, 0.29) is 5.78 Å². The van der Waals surface area contributed by atoms with Crippen LogP contribution in [-0.4, -0.2) is 73.1 Å². The molecule has 0 aromatic carbocycles. The minimum absolute atomic E-state index is 0.0548. The lowest BCUT2D eigenvalue weighted by Gasteiger charge is -2.29. The second kappa shape index (κ2) is 12.5. The summed E-state index contributed by atoms with van der Waals surface area (Å²) in [6.45, 7) is 6.99. The number of nitrogens with one attached hydrogen (secondary N) is 1. The van der Waals surface area contributed by atoms with Crippen LogP contribution in [0.4, 0.5) is 10.8 Å². The van der Waals surface area contributed by atoms with E-state index in [9.17, 15) is 10.1 Å². The lowest BCUT2D eigenvalue weighted by molar-refractivity contribution is -0.117. The molecule has 40 heavy (non-hydrogen) atoms. The molecule has 4 heterocycles. The molecule has 0 bridgehead atoms. The first-order chi connectivity index (χ1) is 19.4. The van der Waals surface area contributed by atoms with Crippen LogP contribution in [0.25, 0.3) is 5.70 Å². The van der Waals surface area contributed by atoms with Gasteiger partial charge in [0.05, 0.1) is 11.3 Å². The van der Waals surface area contributed by atoms with Crippen LogP contribution in [0, 0.1) is 11.3 Å². The number of ether oxygens (including phenoxy) is 1. The van der Waals surface area contributed by atoms with E-state index < -0.39 is 5.92 Å². The van der Waals surface area contributed by atoms with Gasteiger partial charge in [-0.3, -0.25) is 4.79 Å². The van der Waals surface area contributed by atoms with Gasteiger partial charge in [0.2, 0.25) is 5.88 Å². The molecule has 0 amide bonds. The number of likely N-dealkylation sites (tertiary alicyclic amines) is 1. The molecule has 5 N–H and O–H groups in total. The van der Waals surface area contributed by atoms with Gasteiger partial charge in [-0.1, -0.05) is 13.3 Å². The number of aromatic nitrogens is 2. The lowest BCUT2D eigenvalue weighted by atomic mass is 9.79. The molecule has 2 atom stereocenters. The second-order valence-corrected chi connectivity index (χ2v) is 12.1. The highest BCUT2D eigenvalue weighted by molar-refractivity contribution is 7.16. The Labute approximate surface area is 240 Å². The van der Waals surface area contributed by atoms with Gasteiger partial charge in [0.15, 0.2) is 11.6 Å². The van der Waals surface area contributed by atoms with Gasteiger partial charge in [-0.25, -0.2) is 4.98 Å². The summed E-state index contributed by atoms with van der Waals surface area (Å²) in [7, 11) is 2.12. The second-order valence-electron chi connectivity index (χ2n) is 11.0. The molecule has 3 aliphatic rings. The molecule has 2 aromatic heterocycles. The molecule has 10 nitrogen and oxygen atoms in total. The number of nitriles is 1. The number of carbonyl (C=O) groups is 1. The third-order valence-electron chi connectivity index (χ3n) is 8.31. The van der Waals surface area contributed by atoms with Crippen molar-refractivity contribution in [3.05, 3.63) is 33.5 Å². The maximum atomic E-state index is 14.2. The van der Waals surface area contributed by atoms with Crippen LogP contribution in [-0.2, 0) is 11.2 Å². The van der Waals surface area contributed by atoms with Crippen molar-refractivity contribution >= 4 is 33.6 Å².